The van der Waals surface area contributed by atoms with E-state index in [1.54, 1.807) is 0 Å². The highest BCUT2D eigenvalue weighted by atomic mass is 16.1. The van der Waals surface area contributed by atoms with Crippen molar-refractivity contribution < 1.29 is 4.79 Å². The molecule has 0 rings (SSSR count). The minimum atomic E-state index is 0.00180. The maximum Gasteiger partial charge on any atom is 0.234 e. The fourth-order valence-electron chi connectivity index (χ4n) is 1.16. The van der Waals surface area contributed by atoms with E-state index in [9.17, 15) is 4.79 Å². The summed E-state index contributed by atoms with van der Waals surface area (Å²) >= 11 is 0. The second kappa shape index (κ2) is 8.58. The van der Waals surface area contributed by atoms with Crippen molar-refractivity contribution in [2.45, 2.75) is 26.2 Å². The fraction of sp³-hybridized carbons (Fsp3) is 0.727. The number of nitrogens with one attached hydrogen (secondary N) is 1. The lowest BCUT2D eigenvalue weighted by Gasteiger charge is -2.15. The molecule has 0 unspecified atom stereocenters. The summed E-state index contributed by atoms with van der Waals surface area (Å²) in [5.74, 6) is 2.38. The molecule has 0 aromatic carbocycles. The Morgan fingerprint density at radius 3 is 2.79 bits per heavy atom. The number of likely N-dealkylation sites (N-methyl/N-ethyl adjacent to an activating group) is 1. The van der Waals surface area contributed by atoms with Crippen LogP contribution >= 0.6 is 0 Å². The summed E-state index contributed by atoms with van der Waals surface area (Å²) in [6.07, 6.45) is 8.60. The predicted octanol–water partition coefficient (Wildman–Crippen LogP) is 0.858. The van der Waals surface area contributed by atoms with Crippen LogP contribution in [0.1, 0.15) is 26.2 Å². The summed E-state index contributed by atoms with van der Waals surface area (Å²) in [4.78, 5) is 13.2. The van der Waals surface area contributed by atoms with Gasteiger partial charge >= 0.3 is 0 Å². The lowest BCUT2D eigenvalue weighted by atomic mass is 10.2. The molecule has 0 aromatic rings. The highest BCUT2D eigenvalue weighted by molar-refractivity contribution is 5.78. The van der Waals surface area contributed by atoms with Crippen molar-refractivity contribution in [3.05, 3.63) is 0 Å². The number of terminal acetylenes is 1. The molecule has 3 heteroatoms. The van der Waals surface area contributed by atoms with Crippen LogP contribution in [-0.4, -0.2) is 37.5 Å². The third-order valence-electron chi connectivity index (χ3n) is 1.94. The van der Waals surface area contributed by atoms with E-state index in [2.05, 4.69) is 18.2 Å². The fourth-order valence-corrected chi connectivity index (χ4v) is 1.16. The first-order valence-corrected chi connectivity index (χ1v) is 5.09. The number of hydrogen-bond acceptors (Lipinski definition) is 2. The molecule has 0 aliphatic heterocycles. The Bertz CT molecular complexity index is 196. The Morgan fingerprint density at radius 1 is 1.50 bits per heavy atom. The standard InChI is InChI=1S/C11H20N2O/c1-4-6-7-9-13(3)10-11(14)12-8-5-2/h2H,4,6-10H2,1,3H3,(H,12,14). The summed E-state index contributed by atoms with van der Waals surface area (Å²) in [5, 5.41) is 2.64. The first kappa shape index (κ1) is 13.0. The molecule has 3 nitrogen and oxygen atoms in total. The first-order valence-electron chi connectivity index (χ1n) is 5.09. The van der Waals surface area contributed by atoms with Crippen molar-refractivity contribution in [2.24, 2.45) is 0 Å². The minimum Gasteiger partial charge on any atom is -0.344 e. The van der Waals surface area contributed by atoms with E-state index in [1.165, 1.54) is 12.8 Å². The van der Waals surface area contributed by atoms with E-state index in [0.29, 0.717) is 13.1 Å². The summed E-state index contributed by atoms with van der Waals surface area (Å²) in [6, 6.07) is 0. The van der Waals surface area contributed by atoms with Gasteiger partial charge in [-0.2, -0.15) is 0 Å². The van der Waals surface area contributed by atoms with Crippen LogP contribution in [0, 0.1) is 12.3 Å². The SMILES string of the molecule is C#CCNC(=O)CN(C)CCCCC. The number of unbranched alkanes of at least 4 members (excludes halogenated alkanes) is 2. The Labute approximate surface area is 86.9 Å². The lowest BCUT2D eigenvalue weighted by molar-refractivity contribution is -0.121. The highest BCUT2D eigenvalue weighted by Crippen LogP contribution is 1.95. The van der Waals surface area contributed by atoms with Gasteiger partial charge in [0, 0.05) is 0 Å². The molecule has 1 N–H and O–H groups in total. The molecule has 80 valence electrons. The van der Waals surface area contributed by atoms with Crippen molar-refractivity contribution in [2.75, 3.05) is 26.7 Å². The van der Waals surface area contributed by atoms with Crippen LogP contribution in [0.4, 0.5) is 0 Å². The van der Waals surface area contributed by atoms with Gasteiger partial charge in [-0.15, -0.1) is 6.42 Å². The van der Waals surface area contributed by atoms with Crippen LogP contribution < -0.4 is 5.32 Å². The molecule has 0 heterocycles. The van der Waals surface area contributed by atoms with E-state index in [-0.39, 0.29) is 5.91 Å². The number of hydrogen-bond donors (Lipinski definition) is 1. The molecule has 0 bridgehead atoms. The van der Waals surface area contributed by atoms with Gasteiger partial charge in [-0.1, -0.05) is 25.7 Å². The molecule has 0 atom stereocenters. The highest BCUT2D eigenvalue weighted by Gasteiger charge is 2.04. The van der Waals surface area contributed by atoms with Crippen molar-refractivity contribution in [3.8, 4) is 12.3 Å². The Hall–Kier alpha value is -1.01. The van der Waals surface area contributed by atoms with Crippen molar-refractivity contribution in [1.29, 1.82) is 0 Å². The minimum absolute atomic E-state index is 0.00180. The van der Waals surface area contributed by atoms with Gasteiger partial charge in [0.15, 0.2) is 0 Å². The number of carbonyl (C=O) groups is 1. The molecule has 14 heavy (non-hydrogen) atoms. The Morgan fingerprint density at radius 2 is 2.21 bits per heavy atom. The molecular formula is C11H20N2O. The molecule has 0 saturated carbocycles. The second-order valence-corrected chi connectivity index (χ2v) is 3.43. The molecule has 0 saturated heterocycles. The number of carbonyl (C=O) groups excluding carboxylic acids is 1. The number of amides is 1. The van der Waals surface area contributed by atoms with Crippen LogP contribution in [0.15, 0.2) is 0 Å². The van der Waals surface area contributed by atoms with Gasteiger partial charge in [-0.25, -0.2) is 0 Å². The summed E-state index contributed by atoms with van der Waals surface area (Å²) in [6.45, 7) is 3.89. The van der Waals surface area contributed by atoms with E-state index in [0.717, 1.165) is 13.0 Å². The number of rotatable bonds is 7. The van der Waals surface area contributed by atoms with Crippen LogP contribution in [0.2, 0.25) is 0 Å². The molecule has 0 aliphatic carbocycles. The monoisotopic (exact) mass is 196 g/mol. The molecular weight excluding hydrogens is 176 g/mol. The average molecular weight is 196 g/mol. The van der Waals surface area contributed by atoms with E-state index in [1.807, 2.05) is 11.9 Å². The first-order chi connectivity index (χ1) is 6.70. The zero-order valence-electron chi connectivity index (χ0n) is 9.18. The van der Waals surface area contributed by atoms with Crippen molar-refractivity contribution in [1.82, 2.24) is 10.2 Å². The van der Waals surface area contributed by atoms with Crippen molar-refractivity contribution in [3.63, 3.8) is 0 Å². The zero-order valence-corrected chi connectivity index (χ0v) is 9.18. The van der Waals surface area contributed by atoms with Crippen molar-refractivity contribution >= 4 is 5.91 Å². The van der Waals surface area contributed by atoms with E-state index >= 15 is 0 Å². The molecule has 0 radical (unpaired) electrons. The molecule has 0 fully saturated rings. The topological polar surface area (TPSA) is 32.3 Å². The number of nitrogens with zero attached hydrogens (tertiary/aromatic N) is 1. The molecule has 0 spiro atoms. The van der Waals surface area contributed by atoms with E-state index < -0.39 is 0 Å². The summed E-state index contributed by atoms with van der Waals surface area (Å²) in [5.41, 5.74) is 0. The maximum atomic E-state index is 11.2. The van der Waals surface area contributed by atoms with Crippen LogP contribution in [0.5, 0.6) is 0 Å². The van der Waals surface area contributed by atoms with Crippen LogP contribution in [-0.2, 0) is 4.79 Å². The Balaban J connectivity index is 3.46. The van der Waals surface area contributed by atoms with Gasteiger partial charge in [0.25, 0.3) is 0 Å². The van der Waals surface area contributed by atoms with Gasteiger partial charge in [-0.3, -0.25) is 9.69 Å². The van der Waals surface area contributed by atoms with Gasteiger partial charge in [0.1, 0.15) is 0 Å². The maximum absolute atomic E-state index is 11.2. The van der Waals surface area contributed by atoms with Gasteiger partial charge in [-0.05, 0) is 20.0 Å². The molecule has 1 amide bonds. The van der Waals surface area contributed by atoms with Gasteiger partial charge < -0.3 is 5.32 Å². The quantitative estimate of drug-likeness (QED) is 0.484. The third-order valence-corrected chi connectivity index (χ3v) is 1.94. The predicted molar refractivity (Wildman–Crippen MR) is 58.9 cm³/mol. The zero-order chi connectivity index (χ0) is 10.8. The molecule has 0 aromatic heterocycles. The third kappa shape index (κ3) is 7.63. The second-order valence-electron chi connectivity index (χ2n) is 3.43. The average Bonchev–Trinajstić information content (AvgIpc) is 2.15. The Kier molecular flexibility index (Phi) is 7.96. The summed E-state index contributed by atoms with van der Waals surface area (Å²) < 4.78 is 0. The van der Waals surface area contributed by atoms with Crippen LogP contribution in [0.25, 0.3) is 0 Å². The normalized spacial score (nSPS) is 9.86. The summed E-state index contributed by atoms with van der Waals surface area (Å²) in [7, 11) is 1.95. The van der Waals surface area contributed by atoms with Crippen LogP contribution in [0.3, 0.4) is 0 Å². The smallest absolute Gasteiger partial charge is 0.234 e. The van der Waals surface area contributed by atoms with E-state index in [4.69, 9.17) is 6.42 Å². The van der Waals surface area contributed by atoms with Gasteiger partial charge in [0.2, 0.25) is 5.91 Å². The lowest BCUT2D eigenvalue weighted by Crippen LogP contribution is -2.35. The largest absolute Gasteiger partial charge is 0.344 e. The van der Waals surface area contributed by atoms with Gasteiger partial charge in [0.05, 0.1) is 13.1 Å². The molecule has 0 aliphatic rings.